The molecule has 0 aliphatic heterocycles. The highest BCUT2D eigenvalue weighted by atomic mass is 16.2. The van der Waals surface area contributed by atoms with Crippen molar-refractivity contribution in [3.05, 3.63) is 0 Å². The highest BCUT2D eigenvalue weighted by Crippen LogP contribution is 2.70. The molecule has 0 aromatic rings. The van der Waals surface area contributed by atoms with Gasteiger partial charge in [-0.25, -0.2) is 4.79 Å². The lowest BCUT2D eigenvalue weighted by Gasteiger charge is -2.39. The number of hydrogen-bond donors (Lipinski definition) is 2. The summed E-state index contributed by atoms with van der Waals surface area (Å²) in [6.45, 7) is 8.02. The minimum absolute atomic E-state index is 0.0892. The van der Waals surface area contributed by atoms with E-state index in [0.29, 0.717) is 11.5 Å². The topological polar surface area (TPSA) is 41.1 Å². The fourth-order valence-electron chi connectivity index (χ4n) is 6.64. The van der Waals surface area contributed by atoms with Crippen LogP contribution >= 0.6 is 0 Å². The molecule has 2 amide bonds. The zero-order valence-electron chi connectivity index (χ0n) is 14.4. The van der Waals surface area contributed by atoms with Gasteiger partial charge >= 0.3 is 6.03 Å². The molecule has 0 saturated heterocycles. The van der Waals surface area contributed by atoms with Crippen molar-refractivity contribution in [2.24, 2.45) is 40.9 Å². The van der Waals surface area contributed by atoms with Gasteiger partial charge in [-0.15, -0.1) is 0 Å². The molecule has 5 rings (SSSR count). The smallest absolute Gasteiger partial charge is 0.315 e. The third-order valence-electron chi connectivity index (χ3n) is 7.08. The van der Waals surface area contributed by atoms with E-state index in [1.165, 1.54) is 32.1 Å². The Labute approximate surface area is 135 Å². The van der Waals surface area contributed by atoms with Crippen molar-refractivity contribution in [2.75, 3.05) is 6.54 Å². The third-order valence-corrected chi connectivity index (χ3v) is 7.08. The Kier molecular flexibility index (Phi) is 3.47. The first-order valence-corrected chi connectivity index (χ1v) is 9.47. The van der Waals surface area contributed by atoms with E-state index in [4.69, 9.17) is 0 Å². The van der Waals surface area contributed by atoms with E-state index in [0.717, 1.165) is 48.5 Å². The van der Waals surface area contributed by atoms with Crippen molar-refractivity contribution < 1.29 is 4.79 Å². The molecule has 4 bridgehead atoms. The van der Waals surface area contributed by atoms with Gasteiger partial charge in [0.15, 0.2) is 0 Å². The second kappa shape index (κ2) is 5.14. The Balaban J connectivity index is 1.18. The van der Waals surface area contributed by atoms with Gasteiger partial charge in [-0.2, -0.15) is 0 Å². The number of nitrogens with one attached hydrogen (secondary N) is 2. The van der Waals surface area contributed by atoms with E-state index in [1.54, 1.807) is 0 Å². The zero-order valence-corrected chi connectivity index (χ0v) is 14.4. The third kappa shape index (κ3) is 2.65. The Bertz CT molecular complexity index is 446. The zero-order chi connectivity index (χ0) is 15.5. The second-order valence-electron chi connectivity index (χ2n) is 9.63. The molecular formula is C19H32N2O. The van der Waals surface area contributed by atoms with Crippen LogP contribution in [-0.2, 0) is 0 Å². The molecule has 5 atom stereocenters. The predicted molar refractivity (Wildman–Crippen MR) is 88.4 cm³/mol. The Hall–Kier alpha value is -0.730. The molecule has 0 spiro atoms. The van der Waals surface area contributed by atoms with E-state index >= 15 is 0 Å². The van der Waals surface area contributed by atoms with Gasteiger partial charge in [0.25, 0.3) is 0 Å². The number of hydrogen-bond acceptors (Lipinski definition) is 1. The molecule has 3 heteroatoms. The fourth-order valence-corrected chi connectivity index (χ4v) is 6.64. The van der Waals surface area contributed by atoms with Crippen molar-refractivity contribution in [3.63, 3.8) is 0 Å². The van der Waals surface area contributed by atoms with Crippen LogP contribution in [0.2, 0.25) is 0 Å². The van der Waals surface area contributed by atoms with Crippen LogP contribution in [0.25, 0.3) is 0 Å². The van der Waals surface area contributed by atoms with E-state index < -0.39 is 0 Å². The molecule has 0 aromatic heterocycles. The summed E-state index contributed by atoms with van der Waals surface area (Å²) in [6, 6.07) is 0.593. The SMILES string of the molecule is CC1CC(CCNC(=O)NC2C3CC4C(C3)C42)CC(C)(C)C1. The molecule has 5 unspecified atom stereocenters. The van der Waals surface area contributed by atoms with Crippen LogP contribution < -0.4 is 10.6 Å². The number of amides is 2. The van der Waals surface area contributed by atoms with Crippen LogP contribution in [0.15, 0.2) is 0 Å². The largest absolute Gasteiger partial charge is 0.338 e. The van der Waals surface area contributed by atoms with Crippen LogP contribution in [0.3, 0.4) is 0 Å². The molecule has 22 heavy (non-hydrogen) atoms. The summed E-state index contributed by atoms with van der Waals surface area (Å²) in [5.41, 5.74) is 0.483. The van der Waals surface area contributed by atoms with E-state index in [1.807, 2.05) is 0 Å². The Morgan fingerprint density at radius 2 is 1.86 bits per heavy atom. The summed E-state index contributed by atoms with van der Waals surface area (Å²) >= 11 is 0. The van der Waals surface area contributed by atoms with Gasteiger partial charge < -0.3 is 10.6 Å². The molecule has 5 saturated carbocycles. The molecule has 5 aliphatic carbocycles. The first-order chi connectivity index (χ1) is 10.4. The molecule has 2 N–H and O–H groups in total. The lowest BCUT2D eigenvalue weighted by Crippen LogP contribution is -2.44. The quantitative estimate of drug-likeness (QED) is 0.815. The highest BCUT2D eigenvalue weighted by Gasteiger charge is 2.68. The van der Waals surface area contributed by atoms with Crippen molar-refractivity contribution >= 4 is 6.03 Å². The van der Waals surface area contributed by atoms with Crippen LogP contribution in [0.1, 0.15) is 59.3 Å². The Morgan fingerprint density at radius 1 is 1.14 bits per heavy atom. The van der Waals surface area contributed by atoms with Crippen molar-refractivity contribution in [1.82, 2.24) is 10.6 Å². The second-order valence-corrected chi connectivity index (χ2v) is 9.63. The standard InChI is InChI=1S/C19H32N2O/c1-11-6-12(10-19(2,3)9-11)4-5-20-18(22)21-17-13-7-14-15(8-13)16(14)17/h11-17H,4-10H2,1-3H3,(H2,20,21,22). The average molecular weight is 304 g/mol. The maximum atomic E-state index is 12.1. The van der Waals surface area contributed by atoms with E-state index in [2.05, 4.69) is 31.4 Å². The lowest BCUT2D eigenvalue weighted by molar-refractivity contribution is 0.127. The first kappa shape index (κ1) is 14.8. The molecule has 0 aromatic carbocycles. The Morgan fingerprint density at radius 3 is 2.45 bits per heavy atom. The summed E-state index contributed by atoms with van der Waals surface area (Å²) < 4.78 is 0. The van der Waals surface area contributed by atoms with Crippen LogP contribution in [0.4, 0.5) is 4.79 Å². The molecule has 0 heterocycles. The molecule has 5 aliphatic rings. The van der Waals surface area contributed by atoms with Crippen molar-refractivity contribution in [3.8, 4) is 0 Å². The van der Waals surface area contributed by atoms with Crippen LogP contribution in [0, 0.1) is 40.9 Å². The lowest BCUT2D eigenvalue weighted by atomic mass is 9.67. The summed E-state index contributed by atoms with van der Waals surface area (Å²) in [5, 5.41) is 6.40. The van der Waals surface area contributed by atoms with Gasteiger partial charge in [0.05, 0.1) is 0 Å². The van der Waals surface area contributed by atoms with Gasteiger partial charge in [0.2, 0.25) is 0 Å². The normalized spacial score (nSPS) is 47.3. The monoisotopic (exact) mass is 304 g/mol. The van der Waals surface area contributed by atoms with Crippen molar-refractivity contribution in [2.45, 2.75) is 65.3 Å². The average Bonchev–Trinajstić information content (AvgIpc) is 2.76. The van der Waals surface area contributed by atoms with Gasteiger partial charge in [-0.3, -0.25) is 0 Å². The summed E-state index contributed by atoms with van der Waals surface area (Å²) in [4.78, 5) is 12.1. The number of carbonyl (C=O) groups is 1. The highest BCUT2D eigenvalue weighted by molar-refractivity contribution is 5.74. The number of urea groups is 1. The maximum Gasteiger partial charge on any atom is 0.315 e. The first-order valence-electron chi connectivity index (χ1n) is 9.47. The predicted octanol–water partition coefficient (Wildman–Crippen LogP) is 3.79. The number of rotatable bonds is 4. The molecule has 5 fully saturated rings. The molecule has 3 nitrogen and oxygen atoms in total. The summed E-state index contributed by atoms with van der Waals surface area (Å²) in [6.07, 6.45) is 7.92. The molecule has 124 valence electrons. The van der Waals surface area contributed by atoms with Gasteiger partial charge in [-0.05, 0) is 79.4 Å². The van der Waals surface area contributed by atoms with E-state index in [9.17, 15) is 4.79 Å². The minimum Gasteiger partial charge on any atom is -0.338 e. The van der Waals surface area contributed by atoms with E-state index in [-0.39, 0.29) is 6.03 Å². The molecule has 0 radical (unpaired) electrons. The van der Waals surface area contributed by atoms with Gasteiger partial charge in [0.1, 0.15) is 0 Å². The van der Waals surface area contributed by atoms with Crippen LogP contribution in [-0.4, -0.2) is 18.6 Å². The minimum atomic E-state index is 0.0892. The number of carbonyl (C=O) groups excluding carboxylic acids is 1. The van der Waals surface area contributed by atoms with Gasteiger partial charge in [0, 0.05) is 12.6 Å². The summed E-state index contributed by atoms with van der Waals surface area (Å²) in [5.74, 6) is 5.20. The molecular weight excluding hydrogens is 272 g/mol. The fraction of sp³-hybridized carbons (Fsp3) is 0.947. The van der Waals surface area contributed by atoms with Crippen molar-refractivity contribution in [1.29, 1.82) is 0 Å². The summed E-state index contributed by atoms with van der Waals surface area (Å²) in [7, 11) is 0. The van der Waals surface area contributed by atoms with Gasteiger partial charge in [-0.1, -0.05) is 20.8 Å². The van der Waals surface area contributed by atoms with Crippen LogP contribution in [0.5, 0.6) is 0 Å². The maximum absolute atomic E-state index is 12.1.